The van der Waals surface area contributed by atoms with E-state index in [1.807, 2.05) is 4.90 Å². The van der Waals surface area contributed by atoms with E-state index in [0.29, 0.717) is 5.91 Å². The second-order valence-corrected chi connectivity index (χ2v) is 8.33. The maximum atomic E-state index is 13.1. The summed E-state index contributed by atoms with van der Waals surface area (Å²) in [4.78, 5) is 15.1. The molecule has 0 unspecified atom stereocenters. The summed E-state index contributed by atoms with van der Waals surface area (Å²) in [6.45, 7) is 2.95. The molecular weight excluding hydrogens is 298 g/mol. The number of aliphatic hydroxyl groups is 1. The molecule has 0 aromatic heterocycles. The molecule has 24 heavy (non-hydrogen) atoms. The zero-order valence-corrected chi connectivity index (χ0v) is 14.8. The number of hydrogen-bond donors (Lipinski definition) is 1. The average Bonchev–Trinajstić information content (AvgIpc) is 3.38. The fourth-order valence-electron chi connectivity index (χ4n) is 4.78. The van der Waals surface area contributed by atoms with Crippen LogP contribution < -0.4 is 4.90 Å². The van der Waals surface area contributed by atoms with Gasteiger partial charge in [0.1, 0.15) is 0 Å². The third-order valence-electron chi connectivity index (χ3n) is 6.62. The molecule has 4 rings (SSSR count). The summed E-state index contributed by atoms with van der Waals surface area (Å²) >= 11 is 0. The molecular formula is C21H29NO2. The minimum atomic E-state index is -0.528. The molecule has 1 saturated heterocycles. The van der Waals surface area contributed by atoms with Gasteiger partial charge >= 0.3 is 0 Å². The lowest BCUT2D eigenvalue weighted by Gasteiger charge is -2.41. The van der Waals surface area contributed by atoms with Crippen LogP contribution in [0.2, 0.25) is 0 Å². The van der Waals surface area contributed by atoms with Crippen LogP contribution in [0, 0.1) is 5.41 Å². The van der Waals surface area contributed by atoms with Crippen LogP contribution in [0.25, 0.3) is 0 Å². The van der Waals surface area contributed by atoms with Gasteiger partial charge in [-0.25, -0.2) is 0 Å². The van der Waals surface area contributed by atoms with Gasteiger partial charge in [-0.15, -0.1) is 0 Å². The molecule has 1 amide bonds. The Bertz CT molecular complexity index is 609. The molecule has 3 heteroatoms. The second-order valence-electron chi connectivity index (χ2n) is 8.33. The fourth-order valence-corrected chi connectivity index (χ4v) is 4.78. The molecule has 0 atom stereocenters. The highest BCUT2D eigenvalue weighted by Crippen LogP contribution is 2.49. The lowest BCUT2D eigenvalue weighted by atomic mass is 9.67. The molecule has 1 aliphatic heterocycles. The number of carbonyl (C=O) groups is 1. The Balaban J connectivity index is 1.46. The minimum Gasteiger partial charge on any atom is -0.390 e. The predicted octanol–water partition coefficient (Wildman–Crippen LogP) is 4.39. The van der Waals surface area contributed by atoms with E-state index >= 15 is 0 Å². The standard InChI is InChI=1S/C21H29NO2/c1-2-9-21(24)12-10-20(11-13-21)14-15-22(19(20)23)18-7-5-17(6-8-18)16-3-4-16/h5-8,16,24H,2-4,9-15H2,1H3/t20-,21-. The Hall–Kier alpha value is -1.35. The molecule has 2 saturated carbocycles. The van der Waals surface area contributed by atoms with Gasteiger partial charge in [0.25, 0.3) is 0 Å². The Morgan fingerprint density at radius 2 is 1.75 bits per heavy atom. The molecule has 1 aromatic rings. The van der Waals surface area contributed by atoms with Crippen LogP contribution >= 0.6 is 0 Å². The molecule has 130 valence electrons. The van der Waals surface area contributed by atoms with Gasteiger partial charge < -0.3 is 10.0 Å². The lowest BCUT2D eigenvalue weighted by molar-refractivity contribution is -0.130. The first-order chi connectivity index (χ1) is 11.6. The van der Waals surface area contributed by atoms with E-state index < -0.39 is 5.60 Å². The van der Waals surface area contributed by atoms with Crippen molar-refractivity contribution in [2.75, 3.05) is 11.4 Å². The van der Waals surface area contributed by atoms with Crippen LogP contribution in [-0.2, 0) is 4.79 Å². The molecule has 3 fully saturated rings. The molecule has 1 aromatic carbocycles. The van der Waals surface area contributed by atoms with Gasteiger partial charge in [0.05, 0.1) is 11.0 Å². The minimum absolute atomic E-state index is 0.213. The van der Waals surface area contributed by atoms with E-state index in [-0.39, 0.29) is 5.41 Å². The zero-order chi connectivity index (χ0) is 16.8. The monoisotopic (exact) mass is 327 g/mol. The van der Waals surface area contributed by atoms with Crippen molar-refractivity contribution in [2.24, 2.45) is 5.41 Å². The second kappa shape index (κ2) is 5.87. The van der Waals surface area contributed by atoms with Crippen molar-refractivity contribution in [1.29, 1.82) is 0 Å². The van der Waals surface area contributed by atoms with Crippen LogP contribution in [-0.4, -0.2) is 23.2 Å². The van der Waals surface area contributed by atoms with Gasteiger partial charge in [-0.3, -0.25) is 4.79 Å². The van der Waals surface area contributed by atoms with E-state index in [2.05, 4.69) is 31.2 Å². The van der Waals surface area contributed by atoms with Crippen molar-refractivity contribution in [3.8, 4) is 0 Å². The Kier molecular flexibility index (Phi) is 3.95. The largest absolute Gasteiger partial charge is 0.390 e. The Morgan fingerprint density at radius 3 is 2.33 bits per heavy atom. The highest BCUT2D eigenvalue weighted by atomic mass is 16.3. The molecule has 1 N–H and O–H groups in total. The summed E-state index contributed by atoms with van der Waals surface area (Å²) in [5.74, 6) is 1.05. The smallest absolute Gasteiger partial charge is 0.233 e. The van der Waals surface area contributed by atoms with Crippen LogP contribution in [0.1, 0.15) is 76.2 Å². The first-order valence-electron chi connectivity index (χ1n) is 9.70. The van der Waals surface area contributed by atoms with Crippen molar-refractivity contribution in [3.05, 3.63) is 29.8 Å². The number of amides is 1. The van der Waals surface area contributed by atoms with Crippen LogP contribution in [0.3, 0.4) is 0 Å². The Morgan fingerprint density at radius 1 is 1.08 bits per heavy atom. The lowest BCUT2D eigenvalue weighted by Crippen LogP contribution is -2.43. The summed E-state index contributed by atoms with van der Waals surface area (Å²) < 4.78 is 0. The highest BCUT2D eigenvalue weighted by molar-refractivity contribution is 6.00. The van der Waals surface area contributed by atoms with E-state index in [1.165, 1.54) is 18.4 Å². The van der Waals surface area contributed by atoms with Gasteiger partial charge in [0, 0.05) is 12.2 Å². The summed E-state index contributed by atoms with van der Waals surface area (Å²) in [6, 6.07) is 8.65. The number of benzene rings is 1. The quantitative estimate of drug-likeness (QED) is 0.891. The SMILES string of the molecule is CCC[C@]1(O)CC[C@@]2(CCN(c3ccc(C4CC4)cc3)C2=O)CC1. The van der Waals surface area contributed by atoms with E-state index in [4.69, 9.17) is 0 Å². The van der Waals surface area contributed by atoms with Gasteiger partial charge in [0.2, 0.25) is 5.91 Å². The van der Waals surface area contributed by atoms with Crippen molar-refractivity contribution in [1.82, 2.24) is 0 Å². The van der Waals surface area contributed by atoms with Crippen molar-refractivity contribution < 1.29 is 9.90 Å². The van der Waals surface area contributed by atoms with E-state index in [0.717, 1.165) is 63.1 Å². The third-order valence-corrected chi connectivity index (χ3v) is 6.62. The molecule has 0 radical (unpaired) electrons. The third kappa shape index (κ3) is 2.77. The van der Waals surface area contributed by atoms with Gasteiger partial charge in [-0.05, 0) is 75.0 Å². The first-order valence-corrected chi connectivity index (χ1v) is 9.70. The summed E-state index contributed by atoms with van der Waals surface area (Å²) in [6.07, 6.45) is 8.69. The van der Waals surface area contributed by atoms with Gasteiger partial charge in [-0.1, -0.05) is 25.5 Å². The number of nitrogens with zero attached hydrogens (tertiary/aromatic N) is 1. The number of carbonyl (C=O) groups excluding carboxylic acids is 1. The number of hydrogen-bond acceptors (Lipinski definition) is 2. The van der Waals surface area contributed by atoms with Crippen molar-refractivity contribution in [3.63, 3.8) is 0 Å². The molecule has 2 aliphatic carbocycles. The summed E-state index contributed by atoms with van der Waals surface area (Å²) in [7, 11) is 0. The topological polar surface area (TPSA) is 40.5 Å². The van der Waals surface area contributed by atoms with Gasteiger partial charge in [0.15, 0.2) is 0 Å². The molecule has 1 heterocycles. The maximum absolute atomic E-state index is 13.1. The number of rotatable bonds is 4. The first kappa shape index (κ1) is 16.1. The fraction of sp³-hybridized carbons (Fsp3) is 0.667. The molecule has 1 spiro atoms. The highest BCUT2D eigenvalue weighted by Gasteiger charge is 2.51. The number of anilines is 1. The average molecular weight is 327 g/mol. The summed E-state index contributed by atoms with van der Waals surface area (Å²) in [5.41, 5.74) is 1.73. The van der Waals surface area contributed by atoms with Crippen LogP contribution in [0.4, 0.5) is 5.69 Å². The summed E-state index contributed by atoms with van der Waals surface area (Å²) in [5, 5.41) is 10.6. The predicted molar refractivity (Wildman–Crippen MR) is 96.1 cm³/mol. The maximum Gasteiger partial charge on any atom is 0.233 e. The van der Waals surface area contributed by atoms with Crippen LogP contribution in [0.15, 0.2) is 24.3 Å². The molecule has 0 bridgehead atoms. The normalized spacial score (nSPS) is 33.4. The van der Waals surface area contributed by atoms with Crippen LogP contribution in [0.5, 0.6) is 0 Å². The van der Waals surface area contributed by atoms with E-state index in [9.17, 15) is 9.90 Å². The van der Waals surface area contributed by atoms with Gasteiger partial charge in [-0.2, -0.15) is 0 Å². The Labute approximate surface area is 145 Å². The zero-order valence-electron chi connectivity index (χ0n) is 14.8. The van der Waals surface area contributed by atoms with Crippen molar-refractivity contribution >= 4 is 11.6 Å². The van der Waals surface area contributed by atoms with E-state index in [1.54, 1.807) is 0 Å². The molecule has 3 nitrogen and oxygen atoms in total. The molecule has 3 aliphatic rings. The van der Waals surface area contributed by atoms with Crippen molar-refractivity contribution in [2.45, 2.75) is 76.2 Å².